The average Bonchev–Trinajstić information content (AvgIpc) is 3.58. The largest absolute Gasteiger partial charge is 0.399 e. The number of thiophene rings is 1. The molecule has 1 aromatic heterocycles. The van der Waals surface area contributed by atoms with Gasteiger partial charge in [0.25, 0.3) is 0 Å². The smallest absolute Gasteiger partial charge is 0.339 e. The highest BCUT2D eigenvalue weighted by atomic mass is 32.1. The van der Waals surface area contributed by atoms with Crippen LogP contribution in [0.5, 0.6) is 0 Å². The second-order valence-corrected chi connectivity index (χ2v) is 17.6. The third-order valence-electron chi connectivity index (χ3n) is 12.8. The molecule has 4 aliphatic rings. The van der Waals surface area contributed by atoms with E-state index in [1.165, 1.54) is 102 Å². The molecule has 2 unspecified atom stereocenters. The first-order valence-corrected chi connectivity index (χ1v) is 19.0. The molecule has 2 atom stereocenters. The number of anilines is 4. The van der Waals surface area contributed by atoms with Crippen molar-refractivity contribution in [3.8, 4) is 22.3 Å². The Kier molecular flexibility index (Phi) is 5.99. The summed E-state index contributed by atoms with van der Waals surface area (Å²) < 4.78 is 2.85. The van der Waals surface area contributed by atoms with Crippen LogP contribution in [-0.4, -0.2) is 12.4 Å². The summed E-state index contributed by atoms with van der Waals surface area (Å²) in [5, 5.41) is 1.35. The Labute approximate surface area is 295 Å². The van der Waals surface area contributed by atoms with Gasteiger partial charge in [-0.25, -0.2) is 0 Å². The Hall–Kier alpha value is -4.28. The van der Waals surface area contributed by atoms with E-state index in [0.717, 1.165) is 0 Å². The molecule has 1 saturated carbocycles. The van der Waals surface area contributed by atoms with Crippen molar-refractivity contribution < 1.29 is 0 Å². The summed E-state index contributed by atoms with van der Waals surface area (Å²) in [5.74, 6) is 0. The highest BCUT2D eigenvalue weighted by molar-refractivity contribution is 7.32. The predicted molar refractivity (Wildman–Crippen MR) is 213 cm³/mol. The molecule has 0 bridgehead atoms. The first kappa shape index (κ1) is 29.6. The molecule has 0 radical (unpaired) electrons. The van der Waals surface area contributed by atoms with Crippen molar-refractivity contribution >= 4 is 61.3 Å². The van der Waals surface area contributed by atoms with E-state index in [9.17, 15) is 0 Å². The molecular formula is C45H43BN2S. The zero-order chi connectivity index (χ0) is 33.4. The zero-order valence-electron chi connectivity index (χ0n) is 29.5. The average molecular weight is 655 g/mol. The Bertz CT molecular complexity index is 2350. The Balaban J connectivity index is 1.34. The minimum absolute atomic E-state index is 0.0351. The molecule has 3 aliphatic heterocycles. The molecule has 242 valence electrons. The van der Waals surface area contributed by atoms with Crippen molar-refractivity contribution in [2.75, 3.05) is 9.71 Å². The molecule has 2 nitrogen and oxygen atoms in total. The van der Waals surface area contributed by atoms with Gasteiger partial charge in [-0.2, -0.15) is 0 Å². The molecule has 1 fully saturated rings. The van der Waals surface area contributed by atoms with Crippen molar-refractivity contribution in [1.82, 2.24) is 0 Å². The number of benzene rings is 5. The van der Waals surface area contributed by atoms with Crippen LogP contribution < -0.4 is 20.0 Å². The fraction of sp³-hybridized carbons (Fsp3) is 0.289. The molecule has 4 heteroatoms. The first-order valence-electron chi connectivity index (χ1n) is 18.2. The van der Waals surface area contributed by atoms with Gasteiger partial charge in [0.2, 0.25) is 0 Å². The van der Waals surface area contributed by atoms with Gasteiger partial charge in [0.05, 0.1) is 11.4 Å². The predicted octanol–water partition coefficient (Wildman–Crippen LogP) is 11.2. The maximum atomic E-state index is 2.95. The zero-order valence-corrected chi connectivity index (χ0v) is 30.3. The van der Waals surface area contributed by atoms with Crippen LogP contribution in [0.2, 0.25) is 0 Å². The van der Waals surface area contributed by atoms with E-state index in [0.29, 0.717) is 0 Å². The highest BCUT2D eigenvalue weighted by Gasteiger charge is 2.63. The second kappa shape index (κ2) is 9.91. The van der Waals surface area contributed by atoms with Gasteiger partial charge in [0.15, 0.2) is 0 Å². The number of aryl methyl sites for hydroxylation is 1. The van der Waals surface area contributed by atoms with Crippen LogP contribution in [0.25, 0.3) is 32.3 Å². The van der Waals surface area contributed by atoms with Gasteiger partial charge in [-0.3, -0.25) is 0 Å². The van der Waals surface area contributed by atoms with Gasteiger partial charge in [-0.1, -0.05) is 119 Å². The fourth-order valence-electron chi connectivity index (χ4n) is 10.2. The SMILES string of the molecule is Cc1cc2c3c(c1)N(c1ccc(C(C)(C)C)cc1-c1ccccc1)c1c(sc4ccccc14)B3N1c3c-2cccc3C2(C)CCCCC12C. The van der Waals surface area contributed by atoms with Crippen molar-refractivity contribution in [3.63, 3.8) is 0 Å². The van der Waals surface area contributed by atoms with Gasteiger partial charge in [0.1, 0.15) is 0 Å². The number of hydrogen-bond acceptors (Lipinski definition) is 3. The lowest BCUT2D eigenvalue weighted by atomic mass is 9.45. The maximum Gasteiger partial charge on any atom is 0.339 e. The topological polar surface area (TPSA) is 6.48 Å². The molecule has 49 heavy (non-hydrogen) atoms. The molecule has 0 spiro atoms. The molecule has 6 aromatic rings. The highest BCUT2D eigenvalue weighted by Crippen LogP contribution is 2.63. The molecule has 0 saturated heterocycles. The third-order valence-corrected chi connectivity index (χ3v) is 14.0. The van der Waals surface area contributed by atoms with E-state index in [1.54, 1.807) is 5.56 Å². The van der Waals surface area contributed by atoms with E-state index < -0.39 is 0 Å². The van der Waals surface area contributed by atoms with Crippen molar-refractivity contribution in [2.45, 2.75) is 83.6 Å². The van der Waals surface area contributed by atoms with E-state index in [2.05, 4.69) is 154 Å². The summed E-state index contributed by atoms with van der Waals surface area (Å²) in [4.78, 5) is 5.61. The minimum atomic E-state index is 0.0351. The van der Waals surface area contributed by atoms with Gasteiger partial charge in [-0.05, 0) is 89.6 Å². The first-order chi connectivity index (χ1) is 23.6. The van der Waals surface area contributed by atoms with Gasteiger partial charge in [-0.15, -0.1) is 11.3 Å². The lowest BCUT2D eigenvalue weighted by molar-refractivity contribution is 0.199. The molecule has 1 aliphatic carbocycles. The monoisotopic (exact) mass is 654 g/mol. The summed E-state index contributed by atoms with van der Waals surface area (Å²) in [6, 6.07) is 39.7. The number of rotatable bonds is 2. The molecule has 5 aromatic carbocycles. The number of fused-ring (bicyclic) bond motifs is 9. The van der Waals surface area contributed by atoms with E-state index >= 15 is 0 Å². The number of hydrogen-bond donors (Lipinski definition) is 0. The van der Waals surface area contributed by atoms with Crippen molar-refractivity contribution in [1.29, 1.82) is 0 Å². The van der Waals surface area contributed by atoms with Gasteiger partial charge < -0.3 is 9.71 Å². The lowest BCUT2D eigenvalue weighted by Crippen LogP contribution is -2.70. The van der Waals surface area contributed by atoms with Crippen molar-refractivity contribution in [2.24, 2.45) is 0 Å². The van der Waals surface area contributed by atoms with Crippen LogP contribution in [0.4, 0.5) is 22.7 Å². The summed E-state index contributed by atoms with van der Waals surface area (Å²) in [7, 11) is 0. The van der Waals surface area contributed by atoms with Crippen LogP contribution in [0.15, 0.2) is 103 Å². The second-order valence-electron chi connectivity index (χ2n) is 16.5. The van der Waals surface area contributed by atoms with Crippen LogP contribution in [0.3, 0.4) is 0 Å². The molecule has 0 amide bonds. The van der Waals surface area contributed by atoms with E-state index in [1.807, 2.05) is 11.3 Å². The molecular weight excluding hydrogens is 611 g/mol. The Morgan fingerprint density at radius 2 is 1.49 bits per heavy atom. The Morgan fingerprint density at radius 3 is 2.31 bits per heavy atom. The summed E-state index contributed by atoms with van der Waals surface area (Å²) in [6.45, 7) is 14.6. The third kappa shape index (κ3) is 3.79. The molecule has 0 N–H and O–H groups in total. The normalized spacial score (nSPS) is 21.8. The quantitative estimate of drug-likeness (QED) is 0.172. The maximum absolute atomic E-state index is 2.95. The van der Waals surface area contributed by atoms with Crippen LogP contribution >= 0.6 is 11.3 Å². The summed E-state index contributed by atoms with van der Waals surface area (Å²) in [5.41, 5.74) is 16.7. The van der Waals surface area contributed by atoms with Gasteiger partial charge in [0, 0.05) is 48.3 Å². The Morgan fingerprint density at radius 1 is 0.714 bits per heavy atom. The van der Waals surface area contributed by atoms with E-state index in [4.69, 9.17) is 0 Å². The molecule has 10 rings (SSSR count). The van der Waals surface area contributed by atoms with Crippen LogP contribution in [0.1, 0.15) is 77.0 Å². The minimum Gasteiger partial charge on any atom is -0.399 e. The number of nitrogens with zero attached hydrogens (tertiary/aromatic N) is 2. The summed E-state index contributed by atoms with van der Waals surface area (Å²) >= 11 is 2.02. The summed E-state index contributed by atoms with van der Waals surface area (Å²) in [6.07, 6.45) is 5.07. The molecule has 4 heterocycles. The van der Waals surface area contributed by atoms with E-state index in [-0.39, 0.29) is 23.2 Å². The van der Waals surface area contributed by atoms with Crippen molar-refractivity contribution in [3.05, 3.63) is 120 Å². The fourth-order valence-corrected chi connectivity index (χ4v) is 11.5. The van der Waals surface area contributed by atoms with Crippen LogP contribution in [-0.2, 0) is 10.8 Å². The number of para-hydroxylation sites is 1. The lowest BCUT2D eigenvalue weighted by Gasteiger charge is -2.54. The standard InChI is InChI=1S/C45H43BN2S/c1-28-25-34-31-18-14-19-35-40(31)48(45(6)24-13-12-23-44(35,45)5)46-39(34)37(26-28)47(41-32-17-10-11-20-38(32)49-42(41)46)36-22-21-30(43(2,3)4)27-33(36)29-15-8-7-9-16-29/h7-11,14-22,25-27H,12-13,23-24H2,1-6H3. The van der Waals surface area contributed by atoms with Crippen LogP contribution in [0, 0.1) is 6.92 Å². The van der Waals surface area contributed by atoms with Gasteiger partial charge >= 0.3 is 6.85 Å².